The van der Waals surface area contributed by atoms with E-state index < -0.39 is 12.0 Å². The van der Waals surface area contributed by atoms with Gasteiger partial charge in [0, 0.05) is 16.4 Å². The van der Waals surface area contributed by atoms with Crippen molar-refractivity contribution < 1.29 is 23.8 Å². The number of amidine groups is 1. The minimum atomic E-state index is -0.435. The average molecular weight is 572 g/mol. The van der Waals surface area contributed by atoms with Crippen LogP contribution in [-0.2, 0) is 14.3 Å². The zero-order valence-electron chi connectivity index (χ0n) is 20.3. The van der Waals surface area contributed by atoms with Gasteiger partial charge in [-0.05, 0) is 67.6 Å². The van der Waals surface area contributed by atoms with E-state index in [1.165, 1.54) is 18.9 Å². The molecule has 188 valence electrons. The lowest BCUT2D eigenvalue weighted by atomic mass is 9.94. The number of nitrogens with one attached hydrogen (secondary N) is 1. The number of amides is 1. The first-order valence-electron chi connectivity index (χ1n) is 11.3. The molecule has 0 radical (unpaired) electrons. The molecule has 2 aliphatic rings. The normalized spacial score (nSPS) is 16.4. The molecule has 0 aliphatic carbocycles. The monoisotopic (exact) mass is 571 g/mol. The molecule has 0 unspecified atom stereocenters. The van der Waals surface area contributed by atoms with Crippen LogP contribution < -0.4 is 14.8 Å². The van der Waals surface area contributed by atoms with Gasteiger partial charge < -0.3 is 24.4 Å². The van der Waals surface area contributed by atoms with E-state index in [1.807, 2.05) is 60.7 Å². The number of nitrogens with zero attached hydrogens (tertiary/aromatic N) is 2. The third-order valence-electron chi connectivity index (χ3n) is 5.62. The Labute approximate surface area is 222 Å². The van der Waals surface area contributed by atoms with Crippen LogP contribution in [0.25, 0.3) is 0 Å². The van der Waals surface area contributed by atoms with Crippen molar-refractivity contribution in [3.8, 4) is 11.5 Å². The highest BCUT2D eigenvalue weighted by Gasteiger charge is 2.37. The number of anilines is 1. The lowest BCUT2D eigenvalue weighted by Gasteiger charge is -2.33. The van der Waals surface area contributed by atoms with E-state index >= 15 is 0 Å². The van der Waals surface area contributed by atoms with Crippen molar-refractivity contribution in [1.29, 1.82) is 0 Å². The molecule has 1 N–H and O–H groups in total. The lowest BCUT2D eigenvalue weighted by Crippen LogP contribution is -2.34. The Morgan fingerprint density at radius 3 is 2.69 bits per heavy atom. The van der Waals surface area contributed by atoms with Crippen LogP contribution in [0.2, 0.25) is 0 Å². The number of hydrogen-bond donors (Lipinski definition) is 1. The summed E-state index contributed by atoms with van der Waals surface area (Å²) in [5.41, 5.74) is 3.58. The number of thioether (sulfide) groups is 1. The first kappa shape index (κ1) is 25.8. The molecule has 0 fully saturated rings. The second-order valence-corrected chi connectivity index (χ2v) is 9.77. The minimum Gasteiger partial charge on any atom is -0.493 e. The van der Waals surface area contributed by atoms with Crippen LogP contribution in [0.4, 0.5) is 5.69 Å². The Morgan fingerprint density at radius 2 is 1.97 bits per heavy atom. The predicted molar refractivity (Wildman–Crippen MR) is 144 cm³/mol. The van der Waals surface area contributed by atoms with Crippen molar-refractivity contribution >= 4 is 50.4 Å². The van der Waals surface area contributed by atoms with Crippen LogP contribution in [0.15, 0.2) is 68.7 Å². The van der Waals surface area contributed by atoms with Crippen LogP contribution in [0.5, 0.6) is 11.5 Å². The summed E-state index contributed by atoms with van der Waals surface area (Å²) in [6.07, 6.45) is 1.89. The lowest BCUT2D eigenvalue weighted by molar-refractivity contribution is -0.139. The fourth-order valence-corrected chi connectivity index (χ4v) is 4.97. The Balaban J connectivity index is 1.54. The molecule has 0 spiro atoms. The number of allylic oxidation sites excluding steroid dienone is 1. The van der Waals surface area contributed by atoms with Crippen LogP contribution in [-0.4, -0.2) is 42.3 Å². The number of aliphatic imine (C=N–C) groups is 1. The molecule has 0 saturated carbocycles. The fourth-order valence-electron chi connectivity index (χ4n) is 3.93. The number of benzene rings is 2. The number of hydrogen-bond acceptors (Lipinski definition) is 8. The summed E-state index contributed by atoms with van der Waals surface area (Å²) in [6, 6.07) is 10.5. The van der Waals surface area contributed by atoms with Crippen molar-refractivity contribution in [2.45, 2.75) is 26.8 Å². The van der Waals surface area contributed by atoms with Gasteiger partial charge in [-0.2, -0.15) is 0 Å². The standard InChI is InChI=1S/C26H26BrN3O5S/c1-5-34-25(32)23-16(3)28-26-30(10-11-36-26)24(23)17-6-9-20(21(13-17)33-4)35-14-22(31)29-18-7-8-19(27)15(2)12-18/h6-13,24H,5,14H2,1-4H3,(H,29,31)/t24-/m1/s1. The number of halogens is 1. The second kappa shape index (κ2) is 11.2. The number of fused-ring (bicyclic) bond motifs is 1. The fraction of sp³-hybridized carbons (Fsp3) is 0.269. The second-order valence-electron chi connectivity index (χ2n) is 8.04. The van der Waals surface area contributed by atoms with Crippen LogP contribution in [0, 0.1) is 6.92 Å². The van der Waals surface area contributed by atoms with E-state index in [0.717, 1.165) is 20.8 Å². The Morgan fingerprint density at radius 1 is 1.17 bits per heavy atom. The zero-order chi connectivity index (χ0) is 25.8. The molecule has 0 bridgehead atoms. The molecule has 4 rings (SSSR count). The summed E-state index contributed by atoms with van der Waals surface area (Å²) >= 11 is 4.94. The first-order valence-corrected chi connectivity index (χ1v) is 12.9. The first-order chi connectivity index (χ1) is 17.3. The van der Waals surface area contributed by atoms with Gasteiger partial charge in [-0.1, -0.05) is 33.8 Å². The van der Waals surface area contributed by atoms with Gasteiger partial charge in [0.15, 0.2) is 23.3 Å². The van der Waals surface area contributed by atoms with Crippen molar-refractivity contribution in [2.75, 3.05) is 25.6 Å². The Hall–Kier alpha value is -3.24. The maximum absolute atomic E-state index is 12.9. The van der Waals surface area contributed by atoms with Crippen LogP contribution in [0.3, 0.4) is 0 Å². The van der Waals surface area contributed by atoms with E-state index in [9.17, 15) is 9.59 Å². The van der Waals surface area contributed by atoms with Gasteiger partial charge in [0.25, 0.3) is 5.91 Å². The van der Waals surface area contributed by atoms with E-state index in [2.05, 4.69) is 26.2 Å². The molecule has 2 heterocycles. The average Bonchev–Trinajstić information content (AvgIpc) is 3.32. The number of rotatable bonds is 8. The number of methoxy groups -OCH3 is 1. The molecule has 8 nitrogen and oxygen atoms in total. The Bertz CT molecular complexity index is 1290. The summed E-state index contributed by atoms with van der Waals surface area (Å²) in [6.45, 7) is 5.60. The van der Waals surface area contributed by atoms with Gasteiger partial charge in [0.05, 0.1) is 31.0 Å². The summed E-state index contributed by atoms with van der Waals surface area (Å²) in [5.74, 6) is 0.156. The predicted octanol–water partition coefficient (Wildman–Crippen LogP) is 5.55. The van der Waals surface area contributed by atoms with Gasteiger partial charge in [-0.15, -0.1) is 0 Å². The van der Waals surface area contributed by atoms with Gasteiger partial charge in [-0.25, -0.2) is 9.79 Å². The maximum atomic E-state index is 12.9. The largest absolute Gasteiger partial charge is 0.493 e. The van der Waals surface area contributed by atoms with Gasteiger partial charge >= 0.3 is 5.97 Å². The molecular weight excluding hydrogens is 546 g/mol. The molecular formula is C26H26BrN3O5S. The topological polar surface area (TPSA) is 89.5 Å². The molecule has 2 aromatic carbocycles. The van der Waals surface area contributed by atoms with Gasteiger partial charge in [0.1, 0.15) is 0 Å². The quantitative estimate of drug-likeness (QED) is 0.415. The molecule has 1 amide bonds. The summed E-state index contributed by atoms with van der Waals surface area (Å²) < 4.78 is 17.6. The molecule has 0 aromatic heterocycles. The molecule has 10 heteroatoms. The summed E-state index contributed by atoms with van der Waals surface area (Å²) in [4.78, 5) is 31.8. The number of ether oxygens (including phenoxy) is 3. The molecule has 2 aliphatic heterocycles. The highest BCUT2D eigenvalue weighted by Crippen LogP contribution is 2.43. The van der Waals surface area contributed by atoms with E-state index in [0.29, 0.717) is 28.5 Å². The number of esters is 1. The maximum Gasteiger partial charge on any atom is 0.338 e. The third-order valence-corrected chi connectivity index (χ3v) is 7.28. The number of carbonyl (C=O) groups is 2. The third kappa shape index (κ3) is 5.44. The van der Waals surface area contributed by atoms with Crippen LogP contribution in [0.1, 0.15) is 31.0 Å². The van der Waals surface area contributed by atoms with Crippen LogP contribution >= 0.6 is 27.7 Å². The molecule has 2 aromatic rings. The van der Waals surface area contributed by atoms with E-state index in [1.54, 1.807) is 13.0 Å². The zero-order valence-corrected chi connectivity index (χ0v) is 22.7. The summed E-state index contributed by atoms with van der Waals surface area (Å²) in [7, 11) is 1.53. The van der Waals surface area contributed by atoms with E-state index in [-0.39, 0.29) is 19.1 Å². The van der Waals surface area contributed by atoms with Crippen molar-refractivity contribution in [3.05, 3.63) is 74.9 Å². The highest BCUT2D eigenvalue weighted by molar-refractivity contribution is 9.10. The minimum absolute atomic E-state index is 0.191. The Kier molecular flexibility index (Phi) is 8.05. The van der Waals surface area contributed by atoms with Crippen molar-refractivity contribution in [1.82, 2.24) is 4.90 Å². The van der Waals surface area contributed by atoms with E-state index in [4.69, 9.17) is 14.2 Å². The highest BCUT2D eigenvalue weighted by atomic mass is 79.9. The molecule has 1 atom stereocenters. The number of aryl methyl sites for hydroxylation is 1. The SMILES string of the molecule is CCOC(=O)C1=C(C)N=C2SC=CN2[C@@H]1c1ccc(OCC(=O)Nc2ccc(Br)c(C)c2)c(OC)c1. The van der Waals surface area contributed by atoms with Gasteiger partial charge in [-0.3, -0.25) is 4.79 Å². The van der Waals surface area contributed by atoms with Crippen molar-refractivity contribution in [2.24, 2.45) is 4.99 Å². The smallest absolute Gasteiger partial charge is 0.338 e. The molecule has 0 saturated heterocycles. The molecule has 36 heavy (non-hydrogen) atoms. The van der Waals surface area contributed by atoms with Gasteiger partial charge in [0.2, 0.25) is 0 Å². The van der Waals surface area contributed by atoms with Crippen molar-refractivity contribution in [3.63, 3.8) is 0 Å². The summed E-state index contributed by atoms with van der Waals surface area (Å²) in [5, 5.41) is 5.53. The number of carbonyl (C=O) groups excluding carboxylic acids is 2.